The van der Waals surface area contributed by atoms with Crippen LogP contribution < -0.4 is 0 Å². The summed E-state index contributed by atoms with van der Waals surface area (Å²) in [6.45, 7) is 56.0. The molecule has 0 N–H and O–H groups in total. The summed E-state index contributed by atoms with van der Waals surface area (Å²) < 4.78 is 0. The van der Waals surface area contributed by atoms with E-state index in [-0.39, 0.29) is 22.2 Å². The van der Waals surface area contributed by atoms with E-state index >= 15 is 0 Å². The molecule has 0 saturated carbocycles. The second-order valence-corrected chi connectivity index (χ2v) is 18.1. The molecule has 0 aromatic carbocycles. The Morgan fingerprint density at radius 2 is 0.500 bits per heavy atom. The Morgan fingerprint density at radius 1 is 0.325 bits per heavy atom. The van der Waals surface area contributed by atoms with Crippen molar-refractivity contribution in [3.63, 3.8) is 0 Å². The van der Waals surface area contributed by atoms with E-state index in [9.17, 15) is 0 Å². The summed E-state index contributed by atoms with van der Waals surface area (Å²) in [6, 6.07) is 0. The van der Waals surface area contributed by atoms with Gasteiger partial charge >= 0.3 is 0 Å². The largest absolute Gasteiger partial charge is 0.302 e. The first-order valence-corrected chi connectivity index (χ1v) is 16.7. The van der Waals surface area contributed by atoms with Crippen LogP contribution >= 0.6 is 0 Å². The van der Waals surface area contributed by atoms with Gasteiger partial charge in [0, 0.05) is 74.5 Å². The third-order valence-electron chi connectivity index (χ3n) is 7.01. The molecule has 0 amide bonds. The Bertz CT molecular complexity index is 519. The molecule has 0 saturated heterocycles. The Morgan fingerprint density at radius 3 is 0.625 bits per heavy atom. The van der Waals surface area contributed by atoms with Crippen molar-refractivity contribution in [2.75, 3.05) is 52.4 Å². The van der Waals surface area contributed by atoms with Crippen LogP contribution in [-0.2, 0) is 0 Å². The lowest BCUT2D eigenvalue weighted by atomic mass is 9.93. The van der Waals surface area contributed by atoms with Gasteiger partial charge < -0.3 is 9.80 Å². The molecule has 0 aliphatic carbocycles. The molecule has 40 heavy (non-hydrogen) atoms. The van der Waals surface area contributed by atoms with Crippen molar-refractivity contribution in [1.82, 2.24) is 19.6 Å². The zero-order chi connectivity index (χ0) is 32.3. The Labute approximate surface area is 256 Å². The molecule has 0 spiro atoms. The van der Waals surface area contributed by atoms with E-state index in [1.54, 1.807) is 0 Å². The highest BCUT2D eigenvalue weighted by Crippen LogP contribution is 2.28. The molecule has 0 aromatic rings. The van der Waals surface area contributed by atoms with Gasteiger partial charge in [0.1, 0.15) is 0 Å². The Hall–Kier alpha value is -0.160. The van der Waals surface area contributed by atoms with Gasteiger partial charge in [-0.25, -0.2) is 0 Å². The van der Waals surface area contributed by atoms with Crippen LogP contribution in [-0.4, -0.2) is 94.1 Å². The summed E-state index contributed by atoms with van der Waals surface area (Å²) in [5.41, 5.74) is 0.777. The SMILES string of the molecule is CC(C)(C)N(CCN(C(C)(C)C)C(C)(C)C)C(C)(C)C.CC(C)CN(CCN(CC(C)C)CC(C)C)CC(C)C. The summed E-state index contributed by atoms with van der Waals surface area (Å²) in [4.78, 5) is 10.5. The highest BCUT2D eigenvalue weighted by molar-refractivity contribution is 4.91. The molecule has 0 bridgehead atoms. The highest BCUT2D eigenvalue weighted by Gasteiger charge is 2.35. The highest BCUT2D eigenvalue weighted by atomic mass is 15.3. The van der Waals surface area contributed by atoms with Gasteiger partial charge in [0.05, 0.1) is 0 Å². The van der Waals surface area contributed by atoms with Crippen molar-refractivity contribution in [3.05, 3.63) is 0 Å². The first kappa shape index (κ1) is 42.0. The smallest absolute Gasteiger partial charge is 0.0130 e. The van der Waals surface area contributed by atoms with Crippen LogP contribution in [0.3, 0.4) is 0 Å². The summed E-state index contributed by atoms with van der Waals surface area (Å²) >= 11 is 0. The fourth-order valence-corrected chi connectivity index (χ4v) is 6.42. The molecule has 0 aliphatic heterocycles. The molecule has 0 atom stereocenters. The second-order valence-electron chi connectivity index (χ2n) is 18.1. The number of nitrogens with zero attached hydrogens (tertiary/aromatic N) is 4. The Balaban J connectivity index is 0. The number of hydrogen-bond acceptors (Lipinski definition) is 4. The first-order valence-electron chi connectivity index (χ1n) is 16.7. The van der Waals surface area contributed by atoms with Gasteiger partial charge in [0.15, 0.2) is 0 Å². The molecule has 0 unspecified atom stereocenters. The molecule has 0 aliphatic rings. The third-order valence-corrected chi connectivity index (χ3v) is 7.01. The van der Waals surface area contributed by atoms with Gasteiger partial charge in [-0.1, -0.05) is 55.4 Å². The normalized spacial score (nSPS) is 14.1. The average molecular weight is 569 g/mol. The van der Waals surface area contributed by atoms with Gasteiger partial charge in [-0.2, -0.15) is 0 Å². The lowest BCUT2D eigenvalue weighted by Crippen LogP contribution is -2.59. The fraction of sp³-hybridized carbons (Fsp3) is 1.00. The number of hydrogen-bond donors (Lipinski definition) is 0. The average Bonchev–Trinajstić information content (AvgIpc) is 2.64. The maximum Gasteiger partial charge on any atom is 0.0130 e. The van der Waals surface area contributed by atoms with Crippen molar-refractivity contribution in [1.29, 1.82) is 0 Å². The van der Waals surface area contributed by atoms with E-state index in [4.69, 9.17) is 0 Å². The van der Waals surface area contributed by atoms with Crippen LogP contribution in [0.25, 0.3) is 0 Å². The van der Waals surface area contributed by atoms with Crippen LogP contribution in [0.1, 0.15) is 138 Å². The van der Waals surface area contributed by atoms with Crippen LogP contribution in [0.5, 0.6) is 0 Å². The van der Waals surface area contributed by atoms with E-state index in [2.05, 4.69) is 158 Å². The molecule has 0 aromatic heterocycles. The van der Waals surface area contributed by atoms with Crippen molar-refractivity contribution in [2.24, 2.45) is 23.7 Å². The molecule has 0 fully saturated rings. The number of rotatable bonds is 14. The minimum absolute atomic E-state index is 0.194. The quantitative estimate of drug-likeness (QED) is 0.207. The molecular formula is C36H80N4. The van der Waals surface area contributed by atoms with Crippen molar-refractivity contribution in [2.45, 2.75) is 161 Å². The lowest BCUT2D eigenvalue weighted by molar-refractivity contribution is -0.0129. The monoisotopic (exact) mass is 569 g/mol. The summed E-state index contributed by atoms with van der Waals surface area (Å²) in [5, 5.41) is 0. The van der Waals surface area contributed by atoms with Crippen LogP contribution in [0.2, 0.25) is 0 Å². The zero-order valence-corrected chi connectivity index (χ0v) is 31.8. The van der Waals surface area contributed by atoms with E-state index < -0.39 is 0 Å². The minimum Gasteiger partial charge on any atom is -0.302 e. The van der Waals surface area contributed by atoms with Crippen molar-refractivity contribution < 1.29 is 0 Å². The summed E-state index contributed by atoms with van der Waals surface area (Å²) in [5.74, 6) is 3.05. The third kappa shape index (κ3) is 20.7. The fourth-order valence-electron chi connectivity index (χ4n) is 6.42. The summed E-state index contributed by atoms with van der Waals surface area (Å²) in [7, 11) is 0. The van der Waals surface area contributed by atoms with Crippen LogP contribution in [0, 0.1) is 23.7 Å². The van der Waals surface area contributed by atoms with Crippen molar-refractivity contribution in [3.8, 4) is 0 Å². The van der Waals surface area contributed by atoms with Gasteiger partial charge in [-0.3, -0.25) is 9.80 Å². The second kappa shape index (κ2) is 17.8. The van der Waals surface area contributed by atoms with Crippen LogP contribution in [0.4, 0.5) is 0 Å². The molecule has 4 nitrogen and oxygen atoms in total. The predicted octanol–water partition coefficient (Wildman–Crippen LogP) is 9.00. The van der Waals surface area contributed by atoms with Crippen LogP contribution in [0.15, 0.2) is 0 Å². The van der Waals surface area contributed by atoms with Crippen molar-refractivity contribution >= 4 is 0 Å². The lowest BCUT2D eigenvalue weighted by Gasteiger charge is -2.50. The van der Waals surface area contributed by atoms with E-state index in [1.807, 2.05) is 0 Å². The maximum absolute atomic E-state index is 2.66. The van der Waals surface area contributed by atoms with E-state index in [0.29, 0.717) is 0 Å². The predicted molar refractivity (Wildman–Crippen MR) is 185 cm³/mol. The van der Waals surface area contributed by atoms with Gasteiger partial charge in [-0.15, -0.1) is 0 Å². The standard InChI is InChI=1S/2C18H40N2/c1-15(2,3)19(16(4,5)6)13-14-20(17(7,8)9)18(10,11)12;1-15(2)11-19(12-16(3)4)9-10-20(13-17(5)6)14-18(7)8/h13-14H2,1-12H3;15-18H,9-14H2,1-8H3. The van der Waals surface area contributed by atoms with Gasteiger partial charge in [-0.05, 0) is 107 Å². The van der Waals surface area contributed by atoms with E-state index in [1.165, 1.54) is 39.3 Å². The van der Waals surface area contributed by atoms with Gasteiger partial charge in [0.25, 0.3) is 0 Å². The molecule has 0 heterocycles. The van der Waals surface area contributed by atoms with E-state index in [0.717, 1.165) is 36.8 Å². The zero-order valence-electron chi connectivity index (χ0n) is 31.8. The summed E-state index contributed by atoms with van der Waals surface area (Å²) in [6.07, 6.45) is 0. The maximum atomic E-state index is 2.66. The minimum atomic E-state index is 0.194. The first-order chi connectivity index (χ1) is 17.7. The molecular weight excluding hydrogens is 488 g/mol. The molecule has 0 rings (SSSR count). The Kier molecular flexibility index (Phi) is 18.7. The van der Waals surface area contributed by atoms with Gasteiger partial charge in [0.2, 0.25) is 0 Å². The topological polar surface area (TPSA) is 13.0 Å². The molecule has 244 valence electrons. The molecule has 4 heteroatoms. The molecule has 0 radical (unpaired) electrons.